The third-order valence-corrected chi connectivity index (χ3v) is 2.39. The minimum atomic E-state index is 0. The van der Waals surface area contributed by atoms with Crippen LogP contribution in [0.1, 0.15) is 26.2 Å². The summed E-state index contributed by atoms with van der Waals surface area (Å²) in [6, 6.07) is 0. The molecule has 1 fully saturated rings. The van der Waals surface area contributed by atoms with Crippen molar-refractivity contribution in [3.8, 4) is 0 Å². The lowest BCUT2D eigenvalue weighted by atomic mass is 10.3. The first-order valence-electron chi connectivity index (χ1n) is 4.62. The first-order chi connectivity index (χ1) is 5.36. The van der Waals surface area contributed by atoms with Gasteiger partial charge in [-0.3, -0.25) is 0 Å². The molecule has 1 atom stereocenters. The first kappa shape index (κ1) is 12.2. The van der Waals surface area contributed by atoms with E-state index in [1.54, 1.807) is 0 Å². The maximum atomic E-state index is 5.28. The van der Waals surface area contributed by atoms with Crippen LogP contribution in [0.25, 0.3) is 0 Å². The summed E-state index contributed by atoms with van der Waals surface area (Å²) in [6.07, 6.45) is 4.36. The summed E-state index contributed by atoms with van der Waals surface area (Å²) in [5, 5.41) is 0. The molecule has 0 N–H and O–H groups in total. The highest BCUT2D eigenvalue weighted by Crippen LogP contribution is 2.11. The largest absolute Gasteiger partial charge is 0.380 e. The molecular weight excluding hydrogens is 174 g/mol. The number of hydrogen-bond acceptors (Lipinski definition) is 2. The van der Waals surface area contributed by atoms with Gasteiger partial charge < -0.3 is 9.64 Å². The molecule has 0 aromatic rings. The molecule has 0 aliphatic carbocycles. The lowest BCUT2D eigenvalue weighted by Gasteiger charge is -2.14. The van der Waals surface area contributed by atoms with Gasteiger partial charge in [-0.2, -0.15) is 0 Å². The van der Waals surface area contributed by atoms with E-state index in [1.807, 2.05) is 7.11 Å². The van der Waals surface area contributed by atoms with Gasteiger partial charge in [-0.05, 0) is 19.4 Å². The highest BCUT2D eigenvalue weighted by Gasteiger charge is 2.20. The van der Waals surface area contributed by atoms with Crippen LogP contribution in [0.4, 0.5) is 0 Å². The third-order valence-electron chi connectivity index (χ3n) is 2.39. The van der Waals surface area contributed by atoms with Crippen LogP contribution in [0.2, 0.25) is 0 Å². The summed E-state index contributed by atoms with van der Waals surface area (Å²) in [5.41, 5.74) is 0. The smallest absolute Gasteiger partial charge is 0.0710 e. The Morgan fingerprint density at radius 1 is 1.50 bits per heavy atom. The van der Waals surface area contributed by atoms with Gasteiger partial charge in [0, 0.05) is 20.2 Å². The Kier molecular flexibility index (Phi) is 6.81. The van der Waals surface area contributed by atoms with Crippen LogP contribution >= 0.6 is 12.4 Å². The molecular formula is C9H20ClNO. The Hall–Kier alpha value is 0.210. The topological polar surface area (TPSA) is 12.5 Å². The van der Waals surface area contributed by atoms with Gasteiger partial charge in [0.15, 0.2) is 0 Å². The molecule has 1 heterocycles. The van der Waals surface area contributed by atoms with E-state index in [0.717, 1.165) is 6.54 Å². The Morgan fingerprint density at radius 3 is 2.75 bits per heavy atom. The van der Waals surface area contributed by atoms with Crippen LogP contribution in [-0.2, 0) is 4.74 Å². The molecule has 1 rings (SSSR count). The Labute approximate surface area is 81.7 Å². The fraction of sp³-hybridized carbons (Fsp3) is 1.00. The summed E-state index contributed by atoms with van der Waals surface area (Å²) in [7, 11) is 1.81. The minimum Gasteiger partial charge on any atom is -0.380 e. The molecule has 1 saturated heterocycles. The lowest BCUT2D eigenvalue weighted by Crippen LogP contribution is -2.23. The van der Waals surface area contributed by atoms with Gasteiger partial charge in [0.05, 0.1) is 6.10 Å². The van der Waals surface area contributed by atoms with Gasteiger partial charge in [-0.1, -0.05) is 13.3 Å². The lowest BCUT2D eigenvalue weighted by molar-refractivity contribution is 0.108. The molecule has 0 saturated carbocycles. The summed E-state index contributed by atoms with van der Waals surface area (Å²) in [4.78, 5) is 2.50. The zero-order chi connectivity index (χ0) is 8.10. The summed E-state index contributed by atoms with van der Waals surface area (Å²) in [5.74, 6) is 0. The molecule has 74 valence electrons. The molecule has 0 bridgehead atoms. The van der Waals surface area contributed by atoms with E-state index in [2.05, 4.69) is 11.8 Å². The highest BCUT2D eigenvalue weighted by atomic mass is 35.5. The second-order valence-electron chi connectivity index (χ2n) is 3.30. The van der Waals surface area contributed by atoms with Crippen molar-refractivity contribution in [3.05, 3.63) is 0 Å². The first-order valence-corrected chi connectivity index (χ1v) is 4.62. The molecule has 0 aromatic carbocycles. The number of hydrogen-bond donors (Lipinski definition) is 0. The fourth-order valence-corrected chi connectivity index (χ4v) is 1.57. The van der Waals surface area contributed by atoms with Crippen molar-refractivity contribution >= 4 is 12.4 Å². The summed E-state index contributed by atoms with van der Waals surface area (Å²) in [6.45, 7) is 5.88. The SMILES string of the molecule is CCCCN1CC[C@@H](OC)C1.Cl. The Morgan fingerprint density at radius 2 is 2.25 bits per heavy atom. The number of halogens is 1. The molecule has 0 radical (unpaired) electrons. The van der Waals surface area contributed by atoms with E-state index in [-0.39, 0.29) is 12.4 Å². The van der Waals surface area contributed by atoms with Crippen LogP contribution in [0.15, 0.2) is 0 Å². The number of ether oxygens (including phenoxy) is 1. The molecule has 0 unspecified atom stereocenters. The normalized spacial score (nSPS) is 24.0. The third kappa shape index (κ3) is 3.74. The summed E-state index contributed by atoms with van der Waals surface area (Å²) < 4.78 is 5.28. The predicted octanol–water partition coefficient (Wildman–Crippen LogP) is 1.93. The van der Waals surface area contributed by atoms with Crippen LogP contribution in [0.3, 0.4) is 0 Å². The van der Waals surface area contributed by atoms with Crippen molar-refractivity contribution in [1.29, 1.82) is 0 Å². The number of unbranched alkanes of at least 4 members (excludes halogenated alkanes) is 1. The average Bonchev–Trinajstić information content (AvgIpc) is 2.48. The maximum absolute atomic E-state index is 5.28. The van der Waals surface area contributed by atoms with E-state index < -0.39 is 0 Å². The minimum absolute atomic E-state index is 0. The fourth-order valence-electron chi connectivity index (χ4n) is 1.57. The average molecular weight is 194 g/mol. The molecule has 1 aliphatic heterocycles. The standard InChI is InChI=1S/C9H19NO.ClH/c1-3-4-6-10-7-5-9(8-10)11-2;/h9H,3-8H2,1-2H3;1H/t9-;/m1./s1. The Bertz CT molecular complexity index is 111. The van der Waals surface area contributed by atoms with Crippen LogP contribution in [0.5, 0.6) is 0 Å². The van der Waals surface area contributed by atoms with E-state index >= 15 is 0 Å². The van der Waals surface area contributed by atoms with E-state index in [0.29, 0.717) is 6.10 Å². The van der Waals surface area contributed by atoms with E-state index in [4.69, 9.17) is 4.74 Å². The zero-order valence-corrected chi connectivity index (χ0v) is 8.90. The Balaban J connectivity index is 0.00000121. The molecule has 1 aliphatic rings. The number of rotatable bonds is 4. The van der Waals surface area contributed by atoms with E-state index in [1.165, 1.54) is 32.4 Å². The predicted molar refractivity (Wildman–Crippen MR) is 54.0 cm³/mol. The number of likely N-dealkylation sites (tertiary alicyclic amines) is 1. The van der Waals surface area contributed by atoms with Crippen LogP contribution in [0, 0.1) is 0 Å². The van der Waals surface area contributed by atoms with Crippen molar-refractivity contribution in [1.82, 2.24) is 4.90 Å². The molecule has 0 aromatic heterocycles. The van der Waals surface area contributed by atoms with Gasteiger partial charge in [0.25, 0.3) is 0 Å². The van der Waals surface area contributed by atoms with Crippen molar-refractivity contribution in [2.75, 3.05) is 26.7 Å². The van der Waals surface area contributed by atoms with Crippen molar-refractivity contribution in [2.45, 2.75) is 32.3 Å². The summed E-state index contributed by atoms with van der Waals surface area (Å²) >= 11 is 0. The van der Waals surface area contributed by atoms with E-state index in [9.17, 15) is 0 Å². The van der Waals surface area contributed by atoms with Crippen molar-refractivity contribution in [2.24, 2.45) is 0 Å². The van der Waals surface area contributed by atoms with Crippen molar-refractivity contribution < 1.29 is 4.74 Å². The second kappa shape index (κ2) is 6.70. The molecule has 12 heavy (non-hydrogen) atoms. The second-order valence-corrected chi connectivity index (χ2v) is 3.30. The maximum Gasteiger partial charge on any atom is 0.0710 e. The molecule has 3 heteroatoms. The van der Waals surface area contributed by atoms with Crippen molar-refractivity contribution in [3.63, 3.8) is 0 Å². The molecule has 0 amide bonds. The van der Waals surface area contributed by atoms with Gasteiger partial charge in [0.1, 0.15) is 0 Å². The van der Waals surface area contributed by atoms with Crippen LogP contribution < -0.4 is 0 Å². The number of methoxy groups -OCH3 is 1. The van der Waals surface area contributed by atoms with Gasteiger partial charge >= 0.3 is 0 Å². The quantitative estimate of drug-likeness (QED) is 0.677. The van der Waals surface area contributed by atoms with Gasteiger partial charge in [-0.15, -0.1) is 12.4 Å². The van der Waals surface area contributed by atoms with Crippen LogP contribution in [-0.4, -0.2) is 37.7 Å². The molecule has 0 spiro atoms. The van der Waals surface area contributed by atoms with Gasteiger partial charge in [-0.25, -0.2) is 0 Å². The zero-order valence-electron chi connectivity index (χ0n) is 8.08. The monoisotopic (exact) mass is 193 g/mol. The highest BCUT2D eigenvalue weighted by molar-refractivity contribution is 5.85. The van der Waals surface area contributed by atoms with Gasteiger partial charge in [0.2, 0.25) is 0 Å². The molecule has 2 nitrogen and oxygen atoms in total. The number of nitrogens with zero attached hydrogens (tertiary/aromatic N) is 1.